The molecule has 0 aromatic carbocycles. The number of aryl methyl sites for hydroxylation is 1. The van der Waals surface area contributed by atoms with E-state index in [0.29, 0.717) is 4.88 Å². The highest BCUT2D eigenvalue weighted by molar-refractivity contribution is 9.10. The smallest absolute Gasteiger partial charge is 0.130 e. The molecule has 17 heavy (non-hydrogen) atoms. The lowest BCUT2D eigenvalue weighted by atomic mass is 10.3. The van der Waals surface area contributed by atoms with Gasteiger partial charge in [0.15, 0.2) is 0 Å². The van der Waals surface area contributed by atoms with E-state index in [2.05, 4.69) is 38.9 Å². The van der Waals surface area contributed by atoms with Gasteiger partial charge in [-0.2, -0.15) is 5.26 Å². The van der Waals surface area contributed by atoms with E-state index in [-0.39, 0.29) is 0 Å². The second-order valence-electron chi connectivity index (χ2n) is 3.52. The molecule has 0 spiro atoms. The zero-order valence-corrected chi connectivity index (χ0v) is 11.7. The zero-order chi connectivity index (χ0) is 12.3. The van der Waals surface area contributed by atoms with Crippen molar-refractivity contribution < 1.29 is 0 Å². The Hall–Kier alpha value is -1.25. The van der Waals surface area contributed by atoms with Crippen LogP contribution in [0, 0.1) is 11.3 Å². The van der Waals surface area contributed by atoms with Crippen LogP contribution in [0.15, 0.2) is 22.8 Å². The third kappa shape index (κ3) is 2.90. The van der Waals surface area contributed by atoms with Crippen molar-refractivity contribution in [1.29, 1.82) is 5.26 Å². The molecule has 0 amide bonds. The van der Waals surface area contributed by atoms with Gasteiger partial charge in [-0.3, -0.25) is 0 Å². The van der Waals surface area contributed by atoms with E-state index >= 15 is 0 Å². The van der Waals surface area contributed by atoms with Crippen LogP contribution in [0.3, 0.4) is 0 Å². The predicted molar refractivity (Wildman–Crippen MR) is 71.8 cm³/mol. The lowest BCUT2D eigenvalue weighted by molar-refractivity contribution is 0.831. The molecule has 2 heterocycles. The molecule has 0 unspecified atom stereocenters. The van der Waals surface area contributed by atoms with Crippen LogP contribution in [-0.4, -0.2) is 9.97 Å². The topological polar surface area (TPSA) is 49.6 Å². The molecule has 2 aromatic heterocycles. The first-order chi connectivity index (χ1) is 8.22. The fourth-order valence-corrected chi connectivity index (χ4v) is 2.65. The first-order valence-electron chi connectivity index (χ1n) is 5.26. The van der Waals surface area contributed by atoms with Crippen molar-refractivity contribution >= 4 is 27.3 Å². The molecule has 86 valence electrons. The number of aromatic nitrogens is 2. The quantitative estimate of drug-likeness (QED) is 0.811. The van der Waals surface area contributed by atoms with Crippen LogP contribution in [0.25, 0.3) is 10.6 Å². The van der Waals surface area contributed by atoms with Crippen LogP contribution in [-0.2, 0) is 6.42 Å². The standard InChI is InChI=1S/C12H10BrN3S/c1-2-3-12-15-9(6-11(13)16-12)10-5-4-8(7-14)17-10/h4-6H,2-3H2,1H3. The Morgan fingerprint density at radius 3 is 2.88 bits per heavy atom. The molecular weight excluding hydrogens is 298 g/mol. The molecule has 0 atom stereocenters. The van der Waals surface area contributed by atoms with Crippen LogP contribution < -0.4 is 0 Å². The van der Waals surface area contributed by atoms with E-state index in [9.17, 15) is 0 Å². The van der Waals surface area contributed by atoms with Gasteiger partial charge >= 0.3 is 0 Å². The maximum absolute atomic E-state index is 8.81. The summed E-state index contributed by atoms with van der Waals surface area (Å²) in [6, 6.07) is 7.76. The fourth-order valence-electron chi connectivity index (χ4n) is 1.46. The summed E-state index contributed by atoms with van der Waals surface area (Å²) in [5.41, 5.74) is 0.877. The summed E-state index contributed by atoms with van der Waals surface area (Å²) in [5.74, 6) is 0.837. The minimum atomic E-state index is 0.701. The monoisotopic (exact) mass is 307 g/mol. The van der Waals surface area contributed by atoms with Crippen LogP contribution >= 0.6 is 27.3 Å². The molecule has 0 aliphatic heterocycles. The molecule has 3 nitrogen and oxygen atoms in total. The van der Waals surface area contributed by atoms with Gasteiger partial charge in [-0.15, -0.1) is 11.3 Å². The lowest BCUT2D eigenvalue weighted by Crippen LogP contribution is -1.96. The Kier molecular flexibility index (Phi) is 3.87. The maximum atomic E-state index is 8.81. The maximum Gasteiger partial charge on any atom is 0.130 e. The minimum Gasteiger partial charge on any atom is -0.232 e. The average molecular weight is 308 g/mol. The van der Waals surface area contributed by atoms with Crippen molar-refractivity contribution in [3.05, 3.63) is 33.5 Å². The van der Waals surface area contributed by atoms with E-state index in [0.717, 1.165) is 33.8 Å². The third-order valence-corrected chi connectivity index (χ3v) is 3.60. The van der Waals surface area contributed by atoms with Crippen LogP contribution in [0.1, 0.15) is 24.0 Å². The Bertz CT molecular complexity index is 571. The Labute approximate surface area is 112 Å². The molecule has 0 radical (unpaired) electrons. The number of nitrogens with zero attached hydrogens (tertiary/aromatic N) is 3. The van der Waals surface area contributed by atoms with Gasteiger partial charge < -0.3 is 0 Å². The number of hydrogen-bond donors (Lipinski definition) is 0. The zero-order valence-electron chi connectivity index (χ0n) is 9.27. The summed E-state index contributed by atoms with van der Waals surface area (Å²) in [4.78, 5) is 10.5. The number of halogens is 1. The molecular formula is C12H10BrN3S. The normalized spacial score (nSPS) is 10.2. The van der Waals surface area contributed by atoms with Crippen LogP contribution in [0.5, 0.6) is 0 Å². The number of rotatable bonds is 3. The highest BCUT2D eigenvalue weighted by atomic mass is 79.9. The first-order valence-corrected chi connectivity index (χ1v) is 6.87. The molecule has 5 heteroatoms. The highest BCUT2D eigenvalue weighted by Gasteiger charge is 2.07. The summed E-state index contributed by atoms with van der Waals surface area (Å²) in [6.07, 6.45) is 1.88. The first kappa shape index (κ1) is 12.2. The van der Waals surface area contributed by atoms with E-state index in [1.807, 2.05) is 18.2 Å². The predicted octanol–water partition coefficient (Wildman–Crippen LogP) is 3.79. The van der Waals surface area contributed by atoms with E-state index in [1.54, 1.807) is 0 Å². The molecule has 0 fully saturated rings. The SMILES string of the molecule is CCCc1nc(Br)cc(-c2ccc(C#N)s2)n1. The molecule has 0 bridgehead atoms. The summed E-state index contributed by atoms with van der Waals surface area (Å²) in [5, 5.41) is 8.81. The molecule has 2 rings (SSSR count). The number of nitriles is 1. The van der Waals surface area contributed by atoms with Gasteiger partial charge in [-0.1, -0.05) is 6.92 Å². The lowest BCUT2D eigenvalue weighted by Gasteiger charge is -2.02. The average Bonchev–Trinajstić information content (AvgIpc) is 2.77. The van der Waals surface area contributed by atoms with Crippen molar-refractivity contribution in [1.82, 2.24) is 9.97 Å². The van der Waals surface area contributed by atoms with Crippen molar-refractivity contribution in [2.24, 2.45) is 0 Å². The Morgan fingerprint density at radius 2 is 2.24 bits per heavy atom. The van der Waals surface area contributed by atoms with Gasteiger partial charge in [-0.25, -0.2) is 9.97 Å². The summed E-state index contributed by atoms with van der Waals surface area (Å²) >= 11 is 4.84. The summed E-state index contributed by atoms with van der Waals surface area (Å²) < 4.78 is 0.790. The van der Waals surface area contributed by atoms with E-state index in [1.165, 1.54) is 11.3 Å². The van der Waals surface area contributed by atoms with Crippen LogP contribution in [0.4, 0.5) is 0 Å². The molecule has 0 aliphatic rings. The van der Waals surface area contributed by atoms with E-state index in [4.69, 9.17) is 5.26 Å². The Balaban J connectivity index is 2.41. The van der Waals surface area contributed by atoms with Crippen molar-refractivity contribution in [3.63, 3.8) is 0 Å². The summed E-state index contributed by atoms with van der Waals surface area (Å²) in [7, 11) is 0. The van der Waals surface area contributed by atoms with Crippen molar-refractivity contribution in [2.45, 2.75) is 19.8 Å². The van der Waals surface area contributed by atoms with Gasteiger partial charge in [0.05, 0.1) is 10.6 Å². The molecule has 0 saturated carbocycles. The largest absolute Gasteiger partial charge is 0.232 e. The third-order valence-electron chi connectivity index (χ3n) is 2.18. The molecule has 0 aliphatic carbocycles. The Morgan fingerprint density at radius 1 is 1.41 bits per heavy atom. The van der Waals surface area contributed by atoms with Gasteiger partial charge in [0.25, 0.3) is 0 Å². The minimum absolute atomic E-state index is 0.701. The molecule has 0 saturated heterocycles. The molecule has 0 N–H and O–H groups in total. The number of thiophene rings is 1. The second kappa shape index (κ2) is 5.39. The molecule has 2 aromatic rings. The second-order valence-corrected chi connectivity index (χ2v) is 5.41. The summed E-state index contributed by atoms with van der Waals surface area (Å²) in [6.45, 7) is 2.10. The van der Waals surface area contributed by atoms with Crippen molar-refractivity contribution in [3.8, 4) is 16.6 Å². The number of hydrogen-bond acceptors (Lipinski definition) is 4. The highest BCUT2D eigenvalue weighted by Crippen LogP contribution is 2.27. The van der Waals surface area contributed by atoms with Gasteiger partial charge in [-0.05, 0) is 40.5 Å². The van der Waals surface area contributed by atoms with Gasteiger partial charge in [0.2, 0.25) is 0 Å². The fraction of sp³-hybridized carbons (Fsp3) is 0.250. The van der Waals surface area contributed by atoms with Crippen LogP contribution in [0.2, 0.25) is 0 Å². The van der Waals surface area contributed by atoms with Gasteiger partial charge in [0.1, 0.15) is 21.4 Å². The van der Waals surface area contributed by atoms with E-state index < -0.39 is 0 Å². The van der Waals surface area contributed by atoms with Crippen molar-refractivity contribution in [2.75, 3.05) is 0 Å². The van der Waals surface area contributed by atoms with Gasteiger partial charge in [0, 0.05) is 6.42 Å².